The molecule has 1 aliphatic rings. The Morgan fingerprint density at radius 1 is 1.39 bits per heavy atom. The van der Waals surface area contributed by atoms with Crippen LogP contribution in [0.1, 0.15) is 18.7 Å². The maximum atomic E-state index is 12.7. The van der Waals surface area contributed by atoms with Crippen molar-refractivity contribution in [3.8, 4) is 11.5 Å². The normalized spacial score (nSPS) is 18.4. The van der Waals surface area contributed by atoms with E-state index in [4.69, 9.17) is 9.26 Å². The largest absolute Gasteiger partial charge is 0.369 e. The number of sulfonamides is 1. The van der Waals surface area contributed by atoms with Gasteiger partial charge in [0.15, 0.2) is 10.9 Å². The molecule has 0 aliphatic carbocycles. The fourth-order valence-electron chi connectivity index (χ4n) is 3.03. The molecule has 10 nitrogen and oxygen atoms in total. The van der Waals surface area contributed by atoms with Gasteiger partial charge >= 0.3 is 0 Å². The van der Waals surface area contributed by atoms with Crippen molar-refractivity contribution in [1.82, 2.24) is 29.0 Å². The van der Waals surface area contributed by atoms with Crippen LogP contribution < -0.4 is 0 Å². The van der Waals surface area contributed by atoms with E-state index in [0.29, 0.717) is 24.7 Å². The molecule has 0 amide bonds. The molecule has 0 aromatic carbocycles. The van der Waals surface area contributed by atoms with Gasteiger partial charge in [0, 0.05) is 38.7 Å². The summed E-state index contributed by atoms with van der Waals surface area (Å²) >= 11 is 0. The zero-order valence-electron chi connectivity index (χ0n) is 15.3. The number of piperidine rings is 1. The van der Waals surface area contributed by atoms with E-state index in [0.717, 1.165) is 12.0 Å². The molecule has 28 heavy (non-hydrogen) atoms. The molecule has 1 unspecified atom stereocenters. The molecule has 4 rings (SSSR count). The van der Waals surface area contributed by atoms with Crippen molar-refractivity contribution in [3.05, 3.63) is 42.9 Å². The van der Waals surface area contributed by atoms with E-state index in [1.165, 1.54) is 16.8 Å². The van der Waals surface area contributed by atoms with E-state index >= 15 is 0 Å². The molecule has 0 bridgehead atoms. The lowest BCUT2D eigenvalue weighted by atomic mass is 10.1. The number of ether oxygens (including phenoxy) is 1. The van der Waals surface area contributed by atoms with E-state index in [1.807, 2.05) is 6.07 Å². The van der Waals surface area contributed by atoms with Gasteiger partial charge in [0.2, 0.25) is 0 Å². The molecule has 11 heteroatoms. The number of aromatic nitrogens is 5. The monoisotopic (exact) mass is 404 g/mol. The molecule has 3 aromatic rings. The van der Waals surface area contributed by atoms with E-state index < -0.39 is 10.0 Å². The Morgan fingerprint density at radius 2 is 2.29 bits per heavy atom. The van der Waals surface area contributed by atoms with E-state index in [-0.39, 0.29) is 24.3 Å². The van der Waals surface area contributed by atoms with Gasteiger partial charge in [-0.15, -0.1) is 0 Å². The second-order valence-electron chi connectivity index (χ2n) is 6.57. The van der Waals surface area contributed by atoms with E-state index in [9.17, 15) is 8.42 Å². The molecule has 0 saturated carbocycles. The predicted octanol–water partition coefficient (Wildman–Crippen LogP) is 1.23. The Kier molecular flexibility index (Phi) is 5.20. The van der Waals surface area contributed by atoms with Crippen molar-refractivity contribution in [2.45, 2.75) is 30.6 Å². The zero-order valence-corrected chi connectivity index (χ0v) is 16.1. The van der Waals surface area contributed by atoms with Gasteiger partial charge in [-0.2, -0.15) is 9.29 Å². The van der Waals surface area contributed by atoms with Crippen LogP contribution in [0.3, 0.4) is 0 Å². The van der Waals surface area contributed by atoms with Crippen LogP contribution in [0.2, 0.25) is 0 Å². The minimum atomic E-state index is -3.62. The number of imidazole rings is 1. The minimum absolute atomic E-state index is 0.0509. The van der Waals surface area contributed by atoms with E-state index in [2.05, 4.69) is 20.1 Å². The lowest BCUT2D eigenvalue weighted by molar-refractivity contribution is 0.00434. The second kappa shape index (κ2) is 7.78. The maximum Gasteiger partial charge on any atom is 0.262 e. The first-order chi connectivity index (χ1) is 13.5. The summed E-state index contributed by atoms with van der Waals surface area (Å²) in [7, 11) is -1.89. The molecule has 1 fully saturated rings. The van der Waals surface area contributed by atoms with Crippen LogP contribution in [0.15, 0.2) is 46.6 Å². The van der Waals surface area contributed by atoms with Gasteiger partial charge in [-0.3, -0.25) is 4.98 Å². The molecule has 4 heterocycles. The lowest BCUT2D eigenvalue weighted by Gasteiger charge is -2.31. The molecule has 3 aromatic heterocycles. The van der Waals surface area contributed by atoms with Crippen molar-refractivity contribution in [3.63, 3.8) is 0 Å². The highest BCUT2D eigenvalue weighted by Gasteiger charge is 2.32. The third-order valence-electron chi connectivity index (χ3n) is 4.45. The minimum Gasteiger partial charge on any atom is -0.369 e. The van der Waals surface area contributed by atoms with Crippen LogP contribution in [0, 0.1) is 0 Å². The van der Waals surface area contributed by atoms with Crippen LogP contribution in [0.25, 0.3) is 11.5 Å². The summed E-state index contributed by atoms with van der Waals surface area (Å²) in [5, 5.41) is 3.96. The molecule has 0 radical (unpaired) electrons. The topological polar surface area (TPSA) is 116 Å². The second-order valence-corrected chi connectivity index (χ2v) is 8.46. The summed E-state index contributed by atoms with van der Waals surface area (Å²) < 4.78 is 39.6. The van der Waals surface area contributed by atoms with Gasteiger partial charge in [0.25, 0.3) is 15.9 Å². The highest BCUT2D eigenvalue weighted by atomic mass is 32.2. The average molecular weight is 404 g/mol. The van der Waals surface area contributed by atoms with E-state index in [1.54, 1.807) is 30.1 Å². The molecular formula is C17H20N6O4S. The van der Waals surface area contributed by atoms with Crippen LogP contribution in [0.5, 0.6) is 0 Å². The first-order valence-electron chi connectivity index (χ1n) is 8.85. The molecule has 1 saturated heterocycles. The summed E-state index contributed by atoms with van der Waals surface area (Å²) in [6.45, 7) is 0.865. The number of hydrogen-bond acceptors (Lipinski definition) is 8. The summed E-state index contributed by atoms with van der Waals surface area (Å²) in [5.74, 6) is 0.776. The fourth-order valence-corrected chi connectivity index (χ4v) is 4.50. The zero-order chi connectivity index (χ0) is 19.6. The number of pyridine rings is 1. The Balaban J connectivity index is 1.38. The first kappa shape index (κ1) is 18.7. The maximum absolute atomic E-state index is 12.7. The number of hydrogen-bond donors (Lipinski definition) is 0. The molecule has 0 N–H and O–H groups in total. The van der Waals surface area contributed by atoms with Gasteiger partial charge in [-0.25, -0.2) is 13.4 Å². The lowest BCUT2D eigenvalue weighted by Crippen LogP contribution is -2.43. The van der Waals surface area contributed by atoms with Crippen molar-refractivity contribution in [1.29, 1.82) is 0 Å². The Morgan fingerprint density at radius 3 is 3.04 bits per heavy atom. The highest BCUT2D eigenvalue weighted by molar-refractivity contribution is 7.89. The molecule has 0 spiro atoms. The predicted molar refractivity (Wildman–Crippen MR) is 97.3 cm³/mol. The number of rotatable bonds is 6. The van der Waals surface area contributed by atoms with Crippen LogP contribution in [0.4, 0.5) is 0 Å². The quantitative estimate of drug-likeness (QED) is 0.602. The van der Waals surface area contributed by atoms with Gasteiger partial charge in [0.1, 0.15) is 6.61 Å². The van der Waals surface area contributed by atoms with Crippen molar-refractivity contribution in [2.24, 2.45) is 7.05 Å². The summed E-state index contributed by atoms with van der Waals surface area (Å²) in [5.41, 5.74) is 0.728. The third kappa shape index (κ3) is 3.96. The highest BCUT2D eigenvalue weighted by Crippen LogP contribution is 2.22. The van der Waals surface area contributed by atoms with Crippen molar-refractivity contribution < 1.29 is 17.7 Å². The molecule has 1 atom stereocenters. The third-order valence-corrected chi connectivity index (χ3v) is 6.20. The van der Waals surface area contributed by atoms with Crippen LogP contribution in [-0.4, -0.2) is 56.6 Å². The Bertz CT molecular complexity index is 1030. The smallest absolute Gasteiger partial charge is 0.262 e. The number of nitrogens with zero attached hydrogens (tertiary/aromatic N) is 6. The summed E-state index contributed by atoms with van der Waals surface area (Å²) in [4.78, 5) is 12.3. The average Bonchev–Trinajstić information content (AvgIpc) is 3.37. The Labute approximate surface area is 162 Å². The van der Waals surface area contributed by atoms with Gasteiger partial charge in [0.05, 0.1) is 18.0 Å². The summed E-state index contributed by atoms with van der Waals surface area (Å²) in [6.07, 6.45) is 7.51. The summed E-state index contributed by atoms with van der Waals surface area (Å²) in [6, 6.07) is 3.61. The van der Waals surface area contributed by atoms with Gasteiger partial charge in [-0.05, 0) is 25.0 Å². The van der Waals surface area contributed by atoms with Gasteiger partial charge < -0.3 is 13.8 Å². The fraction of sp³-hybridized carbons (Fsp3) is 0.412. The van der Waals surface area contributed by atoms with Crippen LogP contribution >= 0.6 is 0 Å². The van der Waals surface area contributed by atoms with Gasteiger partial charge in [-0.1, -0.05) is 5.16 Å². The standard InChI is InChI=1S/C17H20N6O4S/c1-22-10-16(19-12-22)28(24,25)23-7-3-5-14(9-23)26-11-15-20-17(27-21-15)13-4-2-6-18-8-13/h2,4,6,8,10,12,14H,3,5,7,9,11H2,1H3. The first-order valence-corrected chi connectivity index (χ1v) is 10.3. The Hall–Kier alpha value is -2.63. The SMILES string of the molecule is Cn1cnc(S(=O)(=O)N2CCCC(OCc3noc(-c4cccnc4)n3)C2)c1. The van der Waals surface area contributed by atoms with Crippen LogP contribution in [-0.2, 0) is 28.4 Å². The molecule has 148 valence electrons. The van der Waals surface area contributed by atoms with Crippen molar-refractivity contribution in [2.75, 3.05) is 13.1 Å². The molecular weight excluding hydrogens is 384 g/mol. The molecule has 1 aliphatic heterocycles. The number of aryl methyl sites for hydroxylation is 1. The van der Waals surface area contributed by atoms with Crippen molar-refractivity contribution >= 4 is 10.0 Å².